The van der Waals surface area contributed by atoms with Crippen molar-refractivity contribution in [3.8, 4) is 0 Å². The van der Waals surface area contributed by atoms with Crippen LogP contribution in [-0.2, 0) is 4.74 Å². The number of halogens is 6. The van der Waals surface area contributed by atoms with E-state index in [0.29, 0.717) is 0 Å². The number of hydrogen-bond acceptors (Lipinski definition) is 2. The second-order valence-electron chi connectivity index (χ2n) is 4.65. The maximum Gasteiger partial charge on any atom is 0.405 e. The summed E-state index contributed by atoms with van der Waals surface area (Å²) in [6, 6.07) is 0. The van der Waals surface area contributed by atoms with Crippen LogP contribution in [0.15, 0.2) is 0 Å². The highest BCUT2D eigenvalue weighted by atomic mass is 19.4. The predicted octanol–water partition coefficient (Wildman–Crippen LogP) is 3.15. The summed E-state index contributed by atoms with van der Waals surface area (Å²) in [5, 5.41) is 9.24. The van der Waals surface area contributed by atoms with Crippen LogP contribution >= 0.6 is 0 Å². The van der Waals surface area contributed by atoms with Crippen molar-refractivity contribution >= 4 is 0 Å². The van der Waals surface area contributed by atoms with E-state index in [-0.39, 0.29) is 12.8 Å². The minimum atomic E-state index is -5.46. The van der Waals surface area contributed by atoms with Crippen molar-refractivity contribution in [3.63, 3.8) is 0 Å². The molecule has 2 nitrogen and oxygen atoms in total. The van der Waals surface area contributed by atoms with Crippen LogP contribution in [0.4, 0.5) is 26.3 Å². The molecule has 0 aliphatic carbocycles. The molecule has 0 aliphatic heterocycles. The van der Waals surface area contributed by atoms with Crippen molar-refractivity contribution < 1.29 is 36.2 Å². The lowest BCUT2D eigenvalue weighted by atomic mass is 9.90. The van der Waals surface area contributed by atoms with E-state index in [2.05, 4.69) is 4.74 Å². The first-order chi connectivity index (χ1) is 7.83. The zero-order valence-corrected chi connectivity index (χ0v) is 10.2. The van der Waals surface area contributed by atoms with E-state index in [1.165, 1.54) is 0 Å². The van der Waals surface area contributed by atoms with Gasteiger partial charge in [0.25, 0.3) is 0 Å². The van der Waals surface area contributed by atoms with E-state index in [1.807, 2.05) is 0 Å². The van der Waals surface area contributed by atoms with Crippen LogP contribution in [0.3, 0.4) is 0 Å². The van der Waals surface area contributed by atoms with Crippen molar-refractivity contribution in [2.75, 3.05) is 13.2 Å². The Bertz CT molecular complexity index is 244. The SMILES string of the molecule is CC(C)C(O)COCC(C)(C(F)(F)F)C(F)(F)F. The molecule has 1 atom stereocenters. The number of hydrogen-bond donors (Lipinski definition) is 1. The second-order valence-corrected chi connectivity index (χ2v) is 4.65. The normalized spacial score (nSPS) is 16.2. The maximum absolute atomic E-state index is 12.4. The lowest BCUT2D eigenvalue weighted by molar-refractivity contribution is -0.346. The molecule has 0 aromatic carbocycles. The number of aliphatic hydroxyl groups excluding tert-OH is 1. The molecule has 18 heavy (non-hydrogen) atoms. The average molecular weight is 282 g/mol. The zero-order chi connectivity index (χ0) is 14.8. The topological polar surface area (TPSA) is 29.5 Å². The molecule has 1 unspecified atom stereocenters. The number of ether oxygens (including phenoxy) is 1. The van der Waals surface area contributed by atoms with E-state index in [1.54, 1.807) is 13.8 Å². The monoisotopic (exact) mass is 282 g/mol. The van der Waals surface area contributed by atoms with Crippen LogP contribution in [0.25, 0.3) is 0 Å². The Morgan fingerprint density at radius 2 is 1.39 bits per heavy atom. The Balaban J connectivity index is 4.67. The summed E-state index contributed by atoms with van der Waals surface area (Å²) in [6.07, 6.45) is -12.0. The summed E-state index contributed by atoms with van der Waals surface area (Å²) in [6.45, 7) is 1.04. The Kier molecular flexibility index (Phi) is 5.49. The summed E-state index contributed by atoms with van der Waals surface area (Å²) in [5.74, 6) is -0.312. The van der Waals surface area contributed by atoms with Crippen molar-refractivity contribution in [1.29, 1.82) is 0 Å². The minimum absolute atomic E-state index is 0.0365. The number of aliphatic hydroxyl groups is 1. The third-order valence-electron chi connectivity index (χ3n) is 2.70. The molecule has 0 aliphatic rings. The molecule has 0 saturated heterocycles. The van der Waals surface area contributed by atoms with Crippen LogP contribution in [0, 0.1) is 11.3 Å². The summed E-state index contributed by atoms with van der Waals surface area (Å²) >= 11 is 0. The van der Waals surface area contributed by atoms with E-state index in [9.17, 15) is 31.4 Å². The fraction of sp³-hybridized carbons (Fsp3) is 1.00. The van der Waals surface area contributed by atoms with Gasteiger partial charge >= 0.3 is 12.4 Å². The first-order valence-electron chi connectivity index (χ1n) is 5.22. The number of alkyl halides is 6. The Morgan fingerprint density at radius 3 is 1.67 bits per heavy atom. The van der Waals surface area contributed by atoms with Crippen LogP contribution in [-0.4, -0.2) is 36.8 Å². The highest BCUT2D eigenvalue weighted by molar-refractivity contribution is 4.89. The van der Waals surface area contributed by atoms with Crippen molar-refractivity contribution in [3.05, 3.63) is 0 Å². The van der Waals surface area contributed by atoms with Gasteiger partial charge in [0.15, 0.2) is 5.41 Å². The Labute approximate surface area is 101 Å². The smallest absolute Gasteiger partial charge is 0.390 e. The molecule has 0 heterocycles. The average Bonchev–Trinajstić information content (AvgIpc) is 2.13. The molecule has 0 amide bonds. The van der Waals surface area contributed by atoms with Crippen molar-refractivity contribution in [2.45, 2.75) is 39.2 Å². The molecular formula is C10H16F6O2. The minimum Gasteiger partial charge on any atom is -0.390 e. The molecule has 110 valence electrons. The highest BCUT2D eigenvalue weighted by Crippen LogP contribution is 2.50. The molecule has 0 radical (unpaired) electrons. The fourth-order valence-electron chi connectivity index (χ4n) is 0.901. The van der Waals surface area contributed by atoms with E-state index in [4.69, 9.17) is 0 Å². The van der Waals surface area contributed by atoms with Crippen LogP contribution in [0.1, 0.15) is 20.8 Å². The Hall–Kier alpha value is -0.500. The molecular weight excluding hydrogens is 266 g/mol. The van der Waals surface area contributed by atoms with Crippen LogP contribution in [0.2, 0.25) is 0 Å². The first-order valence-corrected chi connectivity index (χ1v) is 5.22. The van der Waals surface area contributed by atoms with Gasteiger partial charge in [-0.2, -0.15) is 26.3 Å². The van der Waals surface area contributed by atoms with Gasteiger partial charge in [-0.25, -0.2) is 0 Å². The standard InChI is InChI=1S/C10H16F6O2/c1-6(2)7(17)4-18-5-8(3,9(11,12)13)10(14,15)16/h6-7,17H,4-5H2,1-3H3. The van der Waals surface area contributed by atoms with Gasteiger partial charge in [-0.3, -0.25) is 0 Å². The van der Waals surface area contributed by atoms with Gasteiger partial charge in [-0.05, 0) is 12.8 Å². The van der Waals surface area contributed by atoms with Gasteiger partial charge in [0.05, 0.1) is 19.3 Å². The van der Waals surface area contributed by atoms with Gasteiger partial charge in [0.2, 0.25) is 0 Å². The molecule has 0 bridgehead atoms. The molecule has 0 aromatic heterocycles. The second kappa shape index (κ2) is 5.64. The summed E-state index contributed by atoms with van der Waals surface area (Å²) in [4.78, 5) is 0. The molecule has 0 saturated carbocycles. The van der Waals surface area contributed by atoms with Gasteiger partial charge in [0.1, 0.15) is 0 Å². The van der Waals surface area contributed by atoms with Gasteiger partial charge < -0.3 is 9.84 Å². The summed E-state index contributed by atoms with van der Waals surface area (Å²) in [5.41, 5.74) is -3.93. The molecule has 0 spiro atoms. The van der Waals surface area contributed by atoms with E-state index >= 15 is 0 Å². The van der Waals surface area contributed by atoms with Gasteiger partial charge in [0, 0.05) is 0 Å². The number of rotatable bonds is 5. The van der Waals surface area contributed by atoms with Gasteiger partial charge in [-0.15, -0.1) is 0 Å². The van der Waals surface area contributed by atoms with Crippen LogP contribution in [0.5, 0.6) is 0 Å². The van der Waals surface area contributed by atoms with E-state index < -0.39 is 37.1 Å². The quantitative estimate of drug-likeness (QED) is 0.785. The maximum atomic E-state index is 12.4. The van der Waals surface area contributed by atoms with Gasteiger partial charge in [-0.1, -0.05) is 13.8 Å². The molecule has 8 heteroatoms. The third-order valence-corrected chi connectivity index (χ3v) is 2.70. The molecule has 0 fully saturated rings. The zero-order valence-electron chi connectivity index (χ0n) is 10.2. The lowest BCUT2D eigenvalue weighted by Crippen LogP contribution is -2.51. The summed E-state index contributed by atoms with van der Waals surface area (Å²) < 4.78 is 78.9. The Morgan fingerprint density at radius 1 is 1.00 bits per heavy atom. The largest absolute Gasteiger partial charge is 0.405 e. The van der Waals surface area contributed by atoms with Crippen molar-refractivity contribution in [2.24, 2.45) is 11.3 Å². The van der Waals surface area contributed by atoms with E-state index in [0.717, 1.165) is 0 Å². The predicted molar refractivity (Wildman–Crippen MR) is 51.9 cm³/mol. The van der Waals surface area contributed by atoms with Crippen LogP contribution < -0.4 is 0 Å². The fourth-order valence-corrected chi connectivity index (χ4v) is 0.901. The first kappa shape index (κ1) is 17.5. The summed E-state index contributed by atoms with van der Waals surface area (Å²) in [7, 11) is 0. The molecule has 0 aromatic rings. The highest BCUT2D eigenvalue weighted by Gasteiger charge is 2.67. The third kappa shape index (κ3) is 4.01. The lowest BCUT2D eigenvalue weighted by Gasteiger charge is -2.33. The van der Waals surface area contributed by atoms with Crippen molar-refractivity contribution in [1.82, 2.24) is 0 Å². The molecule has 1 N–H and O–H groups in total. The molecule has 0 rings (SSSR count).